The van der Waals surface area contributed by atoms with E-state index in [1.807, 2.05) is 36.4 Å². The Hall–Kier alpha value is -3.27. The number of rotatable bonds is 4. The van der Waals surface area contributed by atoms with E-state index < -0.39 is 5.41 Å². The van der Waals surface area contributed by atoms with E-state index in [-0.39, 0.29) is 12.7 Å². The number of amides is 1. The van der Waals surface area contributed by atoms with E-state index >= 15 is 0 Å². The van der Waals surface area contributed by atoms with E-state index in [1.54, 1.807) is 0 Å². The summed E-state index contributed by atoms with van der Waals surface area (Å²) in [6, 6.07) is 20.3. The first-order valence-corrected chi connectivity index (χ1v) is 9.95. The number of hydrogen-bond donors (Lipinski definition) is 1. The Morgan fingerprint density at radius 1 is 0.862 bits per heavy atom. The molecule has 1 fully saturated rings. The first-order chi connectivity index (χ1) is 14.1. The second-order valence-corrected chi connectivity index (χ2v) is 7.95. The number of nitrogens with one attached hydrogen (secondary N) is 1. The fourth-order valence-corrected chi connectivity index (χ4v) is 4.08. The molecule has 5 rings (SSSR count). The highest BCUT2D eigenvalue weighted by atomic mass is 16.7. The SMILES string of the molecule is Cc1ccccc1-c1cc(NC(=O)C2(c3ccc4c(c3)OCO4)CC2)ccc1C. The summed E-state index contributed by atoms with van der Waals surface area (Å²) < 4.78 is 10.9. The summed E-state index contributed by atoms with van der Waals surface area (Å²) in [6.07, 6.45) is 1.68. The molecule has 0 aromatic heterocycles. The Labute approximate surface area is 170 Å². The molecule has 0 saturated heterocycles. The fraction of sp³-hybridized carbons (Fsp3) is 0.240. The minimum absolute atomic E-state index is 0.0379. The highest BCUT2D eigenvalue weighted by molar-refractivity contribution is 6.02. The van der Waals surface area contributed by atoms with Crippen molar-refractivity contribution in [1.29, 1.82) is 0 Å². The van der Waals surface area contributed by atoms with Gasteiger partial charge in [0.05, 0.1) is 5.41 Å². The van der Waals surface area contributed by atoms with E-state index in [4.69, 9.17) is 9.47 Å². The largest absolute Gasteiger partial charge is 0.454 e. The number of carbonyl (C=O) groups is 1. The topological polar surface area (TPSA) is 47.6 Å². The third-order valence-electron chi connectivity index (χ3n) is 6.04. The first kappa shape index (κ1) is 17.8. The molecule has 0 spiro atoms. The highest BCUT2D eigenvalue weighted by Gasteiger charge is 2.51. The molecule has 1 N–H and O–H groups in total. The monoisotopic (exact) mass is 385 g/mol. The molecule has 2 aliphatic rings. The molecule has 3 aromatic carbocycles. The van der Waals surface area contributed by atoms with Crippen molar-refractivity contribution in [3.05, 3.63) is 77.4 Å². The Kier molecular flexibility index (Phi) is 4.09. The average molecular weight is 385 g/mol. The first-order valence-electron chi connectivity index (χ1n) is 9.95. The molecule has 1 saturated carbocycles. The molecule has 0 bridgehead atoms. The highest BCUT2D eigenvalue weighted by Crippen LogP contribution is 2.51. The van der Waals surface area contributed by atoms with Crippen LogP contribution >= 0.6 is 0 Å². The normalized spacial score (nSPS) is 15.8. The minimum atomic E-state index is -0.477. The van der Waals surface area contributed by atoms with E-state index in [2.05, 4.69) is 43.4 Å². The Balaban J connectivity index is 1.43. The van der Waals surface area contributed by atoms with Crippen molar-refractivity contribution in [2.75, 3.05) is 12.1 Å². The summed E-state index contributed by atoms with van der Waals surface area (Å²) in [7, 11) is 0. The molecule has 0 atom stereocenters. The molecule has 146 valence electrons. The van der Waals surface area contributed by atoms with Crippen LogP contribution in [0.2, 0.25) is 0 Å². The lowest BCUT2D eigenvalue weighted by atomic mass is 9.93. The van der Waals surface area contributed by atoms with Crippen molar-refractivity contribution >= 4 is 11.6 Å². The van der Waals surface area contributed by atoms with Gasteiger partial charge in [-0.2, -0.15) is 0 Å². The van der Waals surface area contributed by atoms with Gasteiger partial charge in [0.15, 0.2) is 11.5 Å². The summed E-state index contributed by atoms with van der Waals surface area (Å²) in [4.78, 5) is 13.2. The molecule has 4 heteroatoms. The van der Waals surface area contributed by atoms with Gasteiger partial charge in [-0.15, -0.1) is 0 Å². The lowest BCUT2D eigenvalue weighted by Crippen LogP contribution is -2.27. The maximum atomic E-state index is 13.2. The zero-order valence-electron chi connectivity index (χ0n) is 16.6. The standard InChI is InChI=1S/C25H23NO3/c1-16-5-3-4-6-20(16)21-14-19(9-7-17(21)2)26-24(27)25(11-12-25)18-8-10-22-23(13-18)29-15-28-22/h3-10,13-14H,11-12,15H2,1-2H3,(H,26,27). The predicted octanol–water partition coefficient (Wildman–Crippen LogP) is 5.37. The Morgan fingerprint density at radius 2 is 1.62 bits per heavy atom. The number of aryl methyl sites for hydroxylation is 2. The van der Waals surface area contributed by atoms with Gasteiger partial charge in [0.2, 0.25) is 12.7 Å². The molecular formula is C25H23NO3. The van der Waals surface area contributed by atoms with Crippen LogP contribution in [-0.4, -0.2) is 12.7 Å². The average Bonchev–Trinajstić information content (AvgIpc) is 3.41. The molecular weight excluding hydrogens is 362 g/mol. The number of fused-ring (bicyclic) bond motifs is 1. The maximum Gasteiger partial charge on any atom is 0.235 e. The fourth-order valence-electron chi connectivity index (χ4n) is 4.08. The lowest BCUT2D eigenvalue weighted by Gasteiger charge is -2.18. The quantitative estimate of drug-likeness (QED) is 0.657. The van der Waals surface area contributed by atoms with E-state index in [0.717, 1.165) is 41.2 Å². The summed E-state index contributed by atoms with van der Waals surface area (Å²) in [5, 5.41) is 3.16. The summed E-state index contributed by atoms with van der Waals surface area (Å²) in [5.74, 6) is 1.50. The Morgan fingerprint density at radius 3 is 2.41 bits per heavy atom. The van der Waals surface area contributed by atoms with Gasteiger partial charge in [0.25, 0.3) is 0 Å². The predicted molar refractivity (Wildman–Crippen MR) is 113 cm³/mol. The van der Waals surface area contributed by atoms with Gasteiger partial charge >= 0.3 is 0 Å². The van der Waals surface area contributed by atoms with Crippen LogP contribution in [0.25, 0.3) is 11.1 Å². The van der Waals surface area contributed by atoms with Gasteiger partial charge in [0.1, 0.15) is 0 Å². The van der Waals surface area contributed by atoms with Crippen LogP contribution in [0.15, 0.2) is 60.7 Å². The van der Waals surface area contributed by atoms with Crippen LogP contribution < -0.4 is 14.8 Å². The molecule has 0 radical (unpaired) electrons. The van der Waals surface area contributed by atoms with E-state index in [0.29, 0.717) is 0 Å². The van der Waals surface area contributed by atoms with Crippen molar-refractivity contribution in [3.63, 3.8) is 0 Å². The van der Waals surface area contributed by atoms with Crippen LogP contribution in [0.1, 0.15) is 29.5 Å². The molecule has 29 heavy (non-hydrogen) atoms. The minimum Gasteiger partial charge on any atom is -0.454 e. The lowest BCUT2D eigenvalue weighted by molar-refractivity contribution is -0.118. The molecule has 4 nitrogen and oxygen atoms in total. The van der Waals surface area contributed by atoms with Gasteiger partial charge in [-0.05, 0) is 78.8 Å². The molecule has 1 heterocycles. The van der Waals surface area contributed by atoms with Crippen molar-refractivity contribution in [1.82, 2.24) is 0 Å². The molecule has 1 amide bonds. The number of carbonyl (C=O) groups excluding carboxylic acids is 1. The molecule has 1 aliphatic carbocycles. The molecule has 3 aromatic rings. The smallest absolute Gasteiger partial charge is 0.235 e. The van der Waals surface area contributed by atoms with Gasteiger partial charge in [-0.25, -0.2) is 0 Å². The van der Waals surface area contributed by atoms with Gasteiger partial charge in [0, 0.05) is 5.69 Å². The second-order valence-electron chi connectivity index (χ2n) is 7.95. The Bertz CT molecular complexity index is 1110. The summed E-state index contributed by atoms with van der Waals surface area (Å²) >= 11 is 0. The summed E-state index contributed by atoms with van der Waals surface area (Å²) in [5.41, 5.74) is 6.09. The van der Waals surface area contributed by atoms with Crippen molar-refractivity contribution in [2.24, 2.45) is 0 Å². The van der Waals surface area contributed by atoms with Crippen molar-refractivity contribution in [3.8, 4) is 22.6 Å². The van der Waals surface area contributed by atoms with Crippen LogP contribution in [0.3, 0.4) is 0 Å². The molecule has 1 aliphatic heterocycles. The maximum absolute atomic E-state index is 13.2. The number of hydrogen-bond acceptors (Lipinski definition) is 3. The van der Waals surface area contributed by atoms with Crippen molar-refractivity contribution in [2.45, 2.75) is 32.1 Å². The third-order valence-corrected chi connectivity index (χ3v) is 6.04. The van der Waals surface area contributed by atoms with Gasteiger partial charge in [-0.3, -0.25) is 4.79 Å². The van der Waals surface area contributed by atoms with Crippen LogP contribution in [0.4, 0.5) is 5.69 Å². The van der Waals surface area contributed by atoms with Crippen LogP contribution in [0, 0.1) is 13.8 Å². The molecule has 0 unspecified atom stereocenters. The number of benzene rings is 3. The van der Waals surface area contributed by atoms with Crippen LogP contribution in [-0.2, 0) is 10.2 Å². The zero-order valence-corrected chi connectivity index (χ0v) is 16.6. The summed E-state index contributed by atoms with van der Waals surface area (Å²) in [6.45, 7) is 4.45. The number of anilines is 1. The van der Waals surface area contributed by atoms with E-state index in [9.17, 15) is 4.79 Å². The van der Waals surface area contributed by atoms with Crippen molar-refractivity contribution < 1.29 is 14.3 Å². The zero-order chi connectivity index (χ0) is 20.0. The van der Waals surface area contributed by atoms with Gasteiger partial charge in [-0.1, -0.05) is 36.4 Å². The van der Waals surface area contributed by atoms with E-state index in [1.165, 1.54) is 16.7 Å². The number of ether oxygens (including phenoxy) is 2. The van der Waals surface area contributed by atoms with Gasteiger partial charge < -0.3 is 14.8 Å². The third kappa shape index (κ3) is 3.05. The second kappa shape index (κ2) is 6.66. The van der Waals surface area contributed by atoms with Crippen LogP contribution in [0.5, 0.6) is 11.5 Å².